The summed E-state index contributed by atoms with van der Waals surface area (Å²) in [6.45, 7) is 2.58. The molecule has 33 heavy (non-hydrogen) atoms. The van der Waals surface area contributed by atoms with Crippen molar-refractivity contribution >= 4 is 34.9 Å². The first-order chi connectivity index (χ1) is 16.0. The van der Waals surface area contributed by atoms with Gasteiger partial charge in [-0.3, -0.25) is 19.9 Å². The number of aliphatic imine (C=N–C) groups is 1. The van der Waals surface area contributed by atoms with Crippen LogP contribution in [0.25, 0.3) is 0 Å². The minimum Gasteiger partial charge on any atom is -0.507 e. The van der Waals surface area contributed by atoms with Gasteiger partial charge in [-0.15, -0.1) is 0 Å². The highest BCUT2D eigenvalue weighted by Crippen LogP contribution is 2.32. The first-order valence-corrected chi connectivity index (χ1v) is 10.4. The molecule has 0 aliphatic carbocycles. The molecule has 2 N–H and O–H groups in total. The third kappa shape index (κ3) is 5.34. The predicted molar refractivity (Wildman–Crippen MR) is 126 cm³/mol. The van der Waals surface area contributed by atoms with Crippen molar-refractivity contribution in [3.63, 3.8) is 0 Å². The van der Waals surface area contributed by atoms with Gasteiger partial charge in [0.25, 0.3) is 11.6 Å². The number of anilines is 2. The molecule has 1 amide bonds. The molecule has 1 saturated heterocycles. The molecular weight excluding hydrogens is 424 g/mol. The van der Waals surface area contributed by atoms with Gasteiger partial charge in [0, 0.05) is 42.6 Å². The molecule has 1 aliphatic rings. The minimum absolute atomic E-state index is 0.119. The van der Waals surface area contributed by atoms with Crippen molar-refractivity contribution in [1.82, 2.24) is 0 Å². The van der Waals surface area contributed by atoms with Crippen LogP contribution in [-0.2, 0) is 4.74 Å². The van der Waals surface area contributed by atoms with Crippen molar-refractivity contribution in [3.05, 3.63) is 88.0 Å². The van der Waals surface area contributed by atoms with Crippen LogP contribution in [0.1, 0.15) is 15.9 Å². The molecule has 168 valence electrons. The number of hydrogen-bond acceptors (Lipinski definition) is 7. The highest BCUT2D eigenvalue weighted by Gasteiger charge is 2.17. The number of phenolic OH excluding ortho intramolecular Hbond substituents is 1. The van der Waals surface area contributed by atoms with Crippen molar-refractivity contribution < 1.29 is 19.6 Å². The van der Waals surface area contributed by atoms with Crippen molar-refractivity contribution in [2.45, 2.75) is 0 Å². The highest BCUT2D eigenvalue weighted by molar-refractivity contribution is 6.06. The molecule has 3 aromatic rings. The van der Waals surface area contributed by atoms with E-state index in [1.807, 2.05) is 12.1 Å². The van der Waals surface area contributed by atoms with Gasteiger partial charge < -0.3 is 20.1 Å². The normalized spacial score (nSPS) is 13.8. The largest absolute Gasteiger partial charge is 0.507 e. The van der Waals surface area contributed by atoms with Crippen molar-refractivity contribution in [3.8, 4) is 5.75 Å². The van der Waals surface area contributed by atoms with Crippen molar-refractivity contribution in [2.24, 2.45) is 4.99 Å². The Morgan fingerprint density at radius 1 is 1.09 bits per heavy atom. The molecule has 0 aromatic heterocycles. The number of nitro benzene ring substituents is 1. The number of benzene rings is 3. The quantitative estimate of drug-likeness (QED) is 0.334. The molecule has 0 unspecified atom stereocenters. The van der Waals surface area contributed by atoms with Gasteiger partial charge in [-0.1, -0.05) is 18.2 Å². The summed E-state index contributed by atoms with van der Waals surface area (Å²) in [5.74, 6) is -0.366. The Hall–Kier alpha value is -4.24. The number of nitro groups is 1. The van der Waals surface area contributed by atoms with Gasteiger partial charge in [0.05, 0.1) is 35.2 Å². The van der Waals surface area contributed by atoms with E-state index in [9.17, 15) is 20.0 Å². The molecule has 4 rings (SSSR count). The van der Waals surface area contributed by atoms with Gasteiger partial charge in [0.2, 0.25) is 0 Å². The van der Waals surface area contributed by atoms with Crippen LogP contribution in [0.3, 0.4) is 0 Å². The predicted octanol–water partition coefficient (Wildman–Crippen LogP) is 4.14. The smallest absolute Gasteiger partial charge is 0.270 e. The summed E-state index contributed by atoms with van der Waals surface area (Å²) < 4.78 is 5.44. The van der Waals surface area contributed by atoms with Crippen LogP contribution >= 0.6 is 0 Å². The van der Waals surface area contributed by atoms with E-state index in [-0.39, 0.29) is 22.9 Å². The highest BCUT2D eigenvalue weighted by atomic mass is 16.6. The number of carbonyl (C=O) groups excluding carboxylic acids is 1. The number of non-ortho nitro benzene ring substituents is 1. The first-order valence-electron chi connectivity index (χ1n) is 10.4. The SMILES string of the molecule is O=C(Nc1cc(N=Cc2cc([N+](=O)[O-])ccc2O)ccc1N1CCOCC1)c1ccccc1. The topological polar surface area (TPSA) is 117 Å². The maximum absolute atomic E-state index is 12.8. The first kappa shape index (κ1) is 22.0. The second-order valence-corrected chi connectivity index (χ2v) is 7.38. The summed E-state index contributed by atoms with van der Waals surface area (Å²) in [6.07, 6.45) is 1.36. The van der Waals surface area contributed by atoms with E-state index in [1.54, 1.807) is 36.4 Å². The lowest BCUT2D eigenvalue weighted by Gasteiger charge is -2.30. The molecule has 0 atom stereocenters. The zero-order valence-electron chi connectivity index (χ0n) is 17.7. The lowest BCUT2D eigenvalue weighted by molar-refractivity contribution is -0.384. The third-order valence-electron chi connectivity index (χ3n) is 5.19. The molecule has 0 saturated carbocycles. The van der Waals surface area contributed by atoms with E-state index in [4.69, 9.17) is 4.74 Å². The number of morpholine rings is 1. The monoisotopic (exact) mass is 446 g/mol. The molecule has 0 radical (unpaired) electrons. The van der Waals surface area contributed by atoms with Crippen LogP contribution in [0.5, 0.6) is 5.75 Å². The molecule has 0 spiro atoms. The summed E-state index contributed by atoms with van der Waals surface area (Å²) >= 11 is 0. The fourth-order valence-corrected chi connectivity index (χ4v) is 3.47. The molecule has 0 bridgehead atoms. The number of ether oxygens (including phenoxy) is 1. The summed E-state index contributed by atoms with van der Waals surface area (Å²) in [6, 6.07) is 18.0. The van der Waals surface area contributed by atoms with Gasteiger partial charge in [-0.2, -0.15) is 0 Å². The second-order valence-electron chi connectivity index (χ2n) is 7.38. The Bertz CT molecular complexity index is 1190. The maximum atomic E-state index is 12.8. The fourth-order valence-electron chi connectivity index (χ4n) is 3.47. The Morgan fingerprint density at radius 2 is 1.85 bits per heavy atom. The number of carbonyl (C=O) groups is 1. The maximum Gasteiger partial charge on any atom is 0.270 e. The van der Waals surface area contributed by atoms with Crippen LogP contribution in [0, 0.1) is 10.1 Å². The molecule has 1 fully saturated rings. The lowest BCUT2D eigenvalue weighted by atomic mass is 10.1. The Balaban J connectivity index is 1.65. The zero-order chi connectivity index (χ0) is 23.2. The van der Waals surface area contributed by atoms with E-state index in [0.29, 0.717) is 43.2 Å². The average molecular weight is 446 g/mol. The van der Waals surface area contributed by atoms with Crippen LogP contribution in [0.2, 0.25) is 0 Å². The fraction of sp³-hybridized carbons (Fsp3) is 0.167. The van der Waals surface area contributed by atoms with Crippen molar-refractivity contribution in [1.29, 1.82) is 0 Å². The third-order valence-corrected chi connectivity index (χ3v) is 5.19. The Kier molecular flexibility index (Phi) is 6.61. The number of nitrogens with one attached hydrogen (secondary N) is 1. The van der Waals surface area contributed by atoms with E-state index in [0.717, 1.165) is 5.69 Å². The molecule has 9 heteroatoms. The molecule has 1 aliphatic heterocycles. The summed E-state index contributed by atoms with van der Waals surface area (Å²) in [7, 11) is 0. The lowest BCUT2D eigenvalue weighted by Crippen LogP contribution is -2.36. The van der Waals surface area contributed by atoms with Gasteiger partial charge in [-0.05, 0) is 36.4 Å². The van der Waals surface area contributed by atoms with E-state index in [2.05, 4.69) is 15.2 Å². The van der Waals surface area contributed by atoms with Crippen LogP contribution < -0.4 is 10.2 Å². The Morgan fingerprint density at radius 3 is 2.58 bits per heavy atom. The average Bonchev–Trinajstić information content (AvgIpc) is 2.84. The minimum atomic E-state index is -0.537. The number of amides is 1. The van der Waals surface area contributed by atoms with E-state index >= 15 is 0 Å². The summed E-state index contributed by atoms with van der Waals surface area (Å²) in [5, 5.41) is 24.0. The van der Waals surface area contributed by atoms with Crippen LogP contribution in [0.15, 0.2) is 71.7 Å². The van der Waals surface area contributed by atoms with E-state index in [1.165, 1.54) is 24.4 Å². The standard InChI is InChI=1S/C24H22N4O5/c29-23-9-7-20(28(31)32)14-18(23)16-25-19-6-8-22(27-10-12-33-13-11-27)21(15-19)26-24(30)17-4-2-1-3-5-17/h1-9,14-16,29H,10-13H2,(H,26,30). The molecule has 9 nitrogen and oxygen atoms in total. The molecular formula is C24H22N4O5. The number of rotatable bonds is 6. The van der Waals surface area contributed by atoms with E-state index < -0.39 is 4.92 Å². The van der Waals surface area contributed by atoms with Crippen LogP contribution in [0.4, 0.5) is 22.7 Å². The second kappa shape index (κ2) is 9.92. The molecule has 1 heterocycles. The van der Waals surface area contributed by atoms with Gasteiger partial charge in [-0.25, -0.2) is 0 Å². The van der Waals surface area contributed by atoms with Crippen LogP contribution in [-0.4, -0.2) is 48.5 Å². The number of aromatic hydroxyl groups is 1. The summed E-state index contributed by atoms with van der Waals surface area (Å²) in [5.41, 5.74) is 2.55. The van der Waals surface area contributed by atoms with Gasteiger partial charge in [0.15, 0.2) is 0 Å². The zero-order valence-corrected chi connectivity index (χ0v) is 17.7. The summed E-state index contributed by atoms with van der Waals surface area (Å²) in [4.78, 5) is 29.8. The number of nitrogens with zero attached hydrogens (tertiary/aromatic N) is 3. The van der Waals surface area contributed by atoms with Gasteiger partial charge in [0.1, 0.15) is 5.75 Å². The molecule has 3 aromatic carbocycles. The Labute approximate surface area is 190 Å². The number of phenols is 1. The van der Waals surface area contributed by atoms with Gasteiger partial charge >= 0.3 is 0 Å². The van der Waals surface area contributed by atoms with Crippen molar-refractivity contribution in [2.75, 3.05) is 36.5 Å². The number of hydrogen-bond donors (Lipinski definition) is 2.